The molecule has 0 fully saturated rings. The lowest BCUT2D eigenvalue weighted by atomic mass is 10.1. The normalized spacial score (nSPS) is 15.8. The fourth-order valence-corrected chi connectivity index (χ4v) is 2.16. The summed E-state index contributed by atoms with van der Waals surface area (Å²) in [7, 11) is 3.79. The van der Waals surface area contributed by atoms with Gasteiger partial charge < -0.3 is 20.9 Å². The highest BCUT2D eigenvalue weighted by atomic mass is 16.2. The van der Waals surface area contributed by atoms with E-state index in [0.29, 0.717) is 30.8 Å². The van der Waals surface area contributed by atoms with Crippen molar-refractivity contribution in [1.29, 1.82) is 0 Å². The molecule has 6 nitrogen and oxygen atoms in total. The smallest absolute Gasteiger partial charge is 0.251 e. The Kier molecular flexibility index (Phi) is 4.80. The molecule has 1 aliphatic rings. The van der Waals surface area contributed by atoms with E-state index < -0.39 is 0 Å². The Bertz CT molecular complexity index is 544. The number of benzene rings is 1. The molecular formula is C15H22N4O2. The van der Waals surface area contributed by atoms with Gasteiger partial charge in [0.2, 0.25) is 5.91 Å². The van der Waals surface area contributed by atoms with Crippen LogP contribution in [0.3, 0.4) is 0 Å². The molecule has 6 heteroatoms. The SMILES string of the molecule is CNC(C)CNC(=O)c1ccc2c(c1)NC(=O)CCN2C. The first-order chi connectivity index (χ1) is 10.0. The molecule has 21 heavy (non-hydrogen) atoms. The molecule has 0 spiro atoms. The molecule has 2 amide bonds. The number of hydrogen-bond acceptors (Lipinski definition) is 4. The zero-order valence-corrected chi connectivity index (χ0v) is 12.7. The first-order valence-corrected chi connectivity index (χ1v) is 7.11. The number of carbonyl (C=O) groups excluding carboxylic acids is 2. The lowest BCUT2D eigenvalue weighted by Gasteiger charge is -2.19. The Morgan fingerprint density at radius 2 is 2.24 bits per heavy atom. The van der Waals surface area contributed by atoms with Crippen molar-refractivity contribution in [3.05, 3.63) is 23.8 Å². The molecule has 3 N–H and O–H groups in total. The van der Waals surface area contributed by atoms with Crippen molar-refractivity contribution in [3.8, 4) is 0 Å². The maximum atomic E-state index is 12.1. The lowest BCUT2D eigenvalue weighted by molar-refractivity contribution is -0.115. The molecule has 1 aromatic carbocycles. The maximum absolute atomic E-state index is 12.1. The van der Waals surface area contributed by atoms with E-state index in [1.807, 2.05) is 32.0 Å². The van der Waals surface area contributed by atoms with Gasteiger partial charge in [0, 0.05) is 38.2 Å². The number of hydrogen-bond donors (Lipinski definition) is 3. The average Bonchev–Trinajstić information content (AvgIpc) is 2.63. The number of likely N-dealkylation sites (N-methyl/N-ethyl adjacent to an activating group) is 1. The van der Waals surface area contributed by atoms with Gasteiger partial charge in [-0.1, -0.05) is 0 Å². The van der Waals surface area contributed by atoms with Crippen LogP contribution >= 0.6 is 0 Å². The molecule has 0 bridgehead atoms. The fourth-order valence-electron chi connectivity index (χ4n) is 2.16. The first kappa shape index (κ1) is 15.3. The van der Waals surface area contributed by atoms with Crippen LogP contribution in [-0.4, -0.2) is 45.0 Å². The van der Waals surface area contributed by atoms with Crippen molar-refractivity contribution in [2.75, 3.05) is 37.4 Å². The van der Waals surface area contributed by atoms with Gasteiger partial charge in [-0.2, -0.15) is 0 Å². The van der Waals surface area contributed by atoms with Gasteiger partial charge in [-0.05, 0) is 32.2 Å². The quantitative estimate of drug-likeness (QED) is 0.767. The van der Waals surface area contributed by atoms with E-state index in [1.165, 1.54) is 0 Å². The molecule has 2 rings (SSSR count). The zero-order valence-electron chi connectivity index (χ0n) is 12.7. The lowest BCUT2D eigenvalue weighted by Crippen LogP contribution is -2.37. The summed E-state index contributed by atoms with van der Waals surface area (Å²) < 4.78 is 0. The van der Waals surface area contributed by atoms with Crippen LogP contribution in [-0.2, 0) is 4.79 Å². The van der Waals surface area contributed by atoms with Gasteiger partial charge in [0.15, 0.2) is 0 Å². The predicted molar refractivity (Wildman–Crippen MR) is 83.8 cm³/mol. The molecule has 1 unspecified atom stereocenters. The van der Waals surface area contributed by atoms with E-state index in [-0.39, 0.29) is 17.9 Å². The summed E-state index contributed by atoms with van der Waals surface area (Å²) in [6.07, 6.45) is 0.451. The molecule has 1 aliphatic heterocycles. The molecule has 0 aliphatic carbocycles. The Morgan fingerprint density at radius 3 is 2.95 bits per heavy atom. The van der Waals surface area contributed by atoms with Crippen LogP contribution in [0.2, 0.25) is 0 Å². The second-order valence-electron chi connectivity index (χ2n) is 5.35. The first-order valence-electron chi connectivity index (χ1n) is 7.11. The van der Waals surface area contributed by atoms with Crippen LogP contribution in [0.15, 0.2) is 18.2 Å². The summed E-state index contributed by atoms with van der Waals surface area (Å²) in [4.78, 5) is 25.8. The summed E-state index contributed by atoms with van der Waals surface area (Å²) in [5, 5.41) is 8.78. The van der Waals surface area contributed by atoms with E-state index in [4.69, 9.17) is 0 Å². The summed E-state index contributed by atoms with van der Waals surface area (Å²) in [6.45, 7) is 3.22. The van der Waals surface area contributed by atoms with Crippen LogP contribution in [0.25, 0.3) is 0 Å². The Labute approximate surface area is 124 Å². The van der Waals surface area contributed by atoms with Crippen molar-refractivity contribution >= 4 is 23.2 Å². The van der Waals surface area contributed by atoms with Crippen LogP contribution in [0.4, 0.5) is 11.4 Å². The number of fused-ring (bicyclic) bond motifs is 1. The van der Waals surface area contributed by atoms with E-state index in [2.05, 4.69) is 16.0 Å². The molecule has 0 aromatic heterocycles. The third-order valence-corrected chi connectivity index (χ3v) is 3.68. The Morgan fingerprint density at radius 1 is 1.48 bits per heavy atom. The van der Waals surface area contributed by atoms with Crippen molar-refractivity contribution in [2.24, 2.45) is 0 Å². The summed E-state index contributed by atoms with van der Waals surface area (Å²) in [5.74, 6) is -0.164. The van der Waals surface area contributed by atoms with Gasteiger partial charge in [0.1, 0.15) is 0 Å². The molecule has 1 aromatic rings. The van der Waals surface area contributed by atoms with Gasteiger partial charge in [0.05, 0.1) is 11.4 Å². The zero-order chi connectivity index (χ0) is 15.4. The topological polar surface area (TPSA) is 73.5 Å². The molecule has 114 valence electrons. The summed E-state index contributed by atoms with van der Waals surface area (Å²) in [5.41, 5.74) is 2.17. The Hall–Kier alpha value is -2.08. The van der Waals surface area contributed by atoms with E-state index in [1.54, 1.807) is 12.1 Å². The van der Waals surface area contributed by atoms with Gasteiger partial charge in [-0.15, -0.1) is 0 Å². The van der Waals surface area contributed by atoms with Crippen LogP contribution < -0.4 is 20.9 Å². The van der Waals surface area contributed by atoms with Gasteiger partial charge >= 0.3 is 0 Å². The largest absolute Gasteiger partial charge is 0.372 e. The van der Waals surface area contributed by atoms with Crippen LogP contribution in [0.5, 0.6) is 0 Å². The number of nitrogens with zero attached hydrogens (tertiary/aromatic N) is 1. The van der Waals surface area contributed by atoms with E-state index in [0.717, 1.165) is 5.69 Å². The standard InChI is InChI=1S/C15H22N4O2/c1-10(16-2)9-17-15(21)11-4-5-13-12(8-11)18-14(20)6-7-19(13)3/h4-5,8,10,16H,6-7,9H2,1-3H3,(H,17,21)(H,18,20). The predicted octanol–water partition coefficient (Wildman–Crippen LogP) is 0.803. The number of rotatable bonds is 4. The second-order valence-corrected chi connectivity index (χ2v) is 5.35. The Balaban J connectivity index is 2.16. The minimum Gasteiger partial charge on any atom is -0.372 e. The third kappa shape index (κ3) is 3.72. The number of anilines is 2. The van der Waals surface area contributed by atoms with Gasteiger partial charge in [-0.25, -0.2) is 0 Å². The summed E-state index contributed by atoms with van der Waals surface area (Å²) in [6, 6.07) is 5.60. The molecule has 0 radical (unpaired) electrons. The minimum absolute atomic E-state index is 0.0260. The molecule has 1 heterocycles. The van der Waals surface area contributed by atoms with Crippen LogP contribution in [0, 0.1) is 0 Å². The van der Waals surface area contributed by atoms with Crippen molar-refractivity contribution in [1.82, 2.24) is 10.6 Å². The highest BCUT2D eigenvalue weighted by Crippen LogP contribution is 2.28. The van der Waals surface area contributed by atoms with Crippen LogP contribution in [0.1, 0.15) is 23.7 Å². The summed E-state index contributed by atoms with van der Waals surface area (Å²) >= 11 is 0. The van der Waals surface area contributed by atoms with Gasteiger partial charge in [-0.3, -0.25) is 9.59 Å². The van der Waals surface area contributed by atoms with E-state index >= 15 is 0 Å². The van der Waals surface area contributed by atoms with Gasteiger partial charge in [0.25, 0.3) is 5.91 Å². The number of carbonyl (C=O) groups is 2. The van der Waals surface area contributed by atoms with Crippen molar-refractivity contribution in [2.45, 2.75) is 19.4 Å². The maximum Gasteiger partial charge on any atom is 0.251 e. The average molecular weight is 290 g/mol. The molecule has 0 saturated heterocycles. The third-order valence-electron chi connectivity index (χ3n) is 3.68. The monoisotopic (exact) mass is 290 g/mol. The number of nitrogens with one attached hydrogen (secondary N) is 3. The van der Waals surface area contributed by atoms with E-state index in [9.17, 15) is 9.59 Å². The van der Waals surface area contributed by atoms with Crippen molar-refractivity contribution in [3.63, 3.8) is 0 Å². The molecule has 1 atom stereocenters. The number of amides is 2. The highest BCUT2D eigenvalue weighted by Gasteiger charge is 2.18. The highest BCUT2D eigenvalue weighted by molar-refractivity contribution is 6.00. The molecular weight excluding hydrogens is 268 g/mol. The fraction of sp³-hybridized carbons (Fsp3) is 0.467. The molecule has 0 saturated carbocycles. The second kappa shape index (κ2) is 6.58. The van der Waals surface area contributed by atoms with Crippen molar-refractivity contribution < 1.29 is 9.59 Å². The minimum atomic E-state index is -0.138.